The van der Waals surface area contributed by atoms with Crippen LogP contribution in [0.25, 0.3) is 0 Å². The SMILES string of the molecule is CCC1SCC(C(=O)O)N1C(=O)NN1CCOCC1. The average Bonchev–Trinajstić information content (AvgIpc) is 2.83. The quantitative estimate of drug-likeness (QED) is 0.771. The highest BCUT2D eigenvalue weighted by Crippen LogP contribution is 2.31. The Morgan fingerprint density at radius 3 is 2.68 bits per heavy atom. The number of rotatable bonds is 3. The second kappa shape index (κ2) is 6.44. The molecule has 0 aromatic heterocycles. The second-order valence-corrected chi connectivity index (χ2v) is 5.68. The number of aliphatic carboxylic acids is 1. The number of amides is 2. The van der Waals surface area contributed by atoms with Crippen molar-refractivity contribution in [2.45, 2.75) is 24.8 Å². The van der Waals surface area contributed by atoms with Crippen molar-refractivity contribution in [3.05, 3.63) is 0 Å². The molecule has 2 heterocycles. The molecule has 2 saturated heterocycles. The predicted octanol–water partition coefficient (Wildman–Crippen LogP) is 0.181. The molecule has 19 heavy (non-hydrogen) atoms. The zero-order chi connectivity index (χ0) is 13.8. The maximum Gasteiger partial charge on any atom is 0.333 e. The Kier molecular flexibility index (Phi) is 4.89. The molecule has 0 saturated carbocycles. The first-order valence-corrected chi connectivity index (χ1v) is 7.44. The molecule has 0 aromatic carbocycles. The van der Waals surface area contributed by atoms with Crippen LogP contribution in [0.4, 0.5) is 4.79 Å². The van der Waals surface area contributed by atoms with Crippen molar-refractivity contribution in [1.29, 1.82) is 0 Å². The number of carbonyl (C=O) groups is 2. The molecule has 0 aliphatic carbocycles. The minimum Gasteiger partial charge on any atom is -0.480 e. The fourth-order valence-electron chi connectivity index (χ4n) is 2.21. The van der Waals surface area contributed by atoms with Gasteiger partial charge in [-0.25, -0.2) is 14.6 Å². The van der Waals surface area contributed by atoms with E-state index in [0.29, 0.717) is 32.1 Å². The van der Waals surface area contributed by atoms with Gasteiger partial charge in [-0.3, -0.25) is 10.3 Å². The number of morpholine rings is 1. The first-order chi connectivity index (χ1) is 9.13. The lowest BCUT2D eigenvalue weighted by atomic mass is 10.3. The van der Waals surface area contributed by atoms with Crippen LogP contribution < -0.4 is 5.43 Å². The summed E-state index contributed by atoms with van der Waals surface area (Å²) in [4.78, 5) is 24.9. The summed E-state index contributed by atoms with van der Waals surface area (Å²) in [6, 6.07) is -1.07. The summed E-state index contributed by atoms with van der Waals surface area (Å²) in [6.07, 6.45) is 0.741. The van der Waals surface area contributed by atoms with E-state index in [1.807, 2.05) is 6.92 Å². The molecule has 8 heteroatoms. The first kappa shape index (κ1) is 14.4. The van der Waals surface area contributed by atoms with Crippen LogP contribution in [-0.4, -0.2) is 70.5 Å². The Morgan fingerprint density at radius 1 is 1.42 bits per heavy atom. The van der Waals surface area contributed by atoms with Crippen LogP contribution in [0.5, 0.6) is 0 Å². The van der Waals surface area contributed by atoms with Crippen molar-refractivity contribution in [2.75, 3.05) is 32.1 Å². The van der Waals surface area contributed by atoms with Gasteiger partial charge in [-0.1, -0.05) is 6.92 Å². The minimum absolute atomic E-state index is 0.0675. The Hall–Kier alpha value is -0.990. The van der Waals surface area contributed by atoms with E-state index in [-0.39, 0.29) is 11.4 Å². The largest absolute Gasteiger partial charge is 0.480 e. The van der Waals surface area contributed by atoms with Crippen LogP contribution in [0.15, 0.2) is 0 Å². The third-order valence-electron chi connectivity index (χ3n) is 3.23. The van der Waals surface area contributed by atoms with E-state index in [2.05, 4.69) is 5.43 Å². The number of ether oxygens (including phenoxy) is 1. The van der Waals surface area contributed by atoms with E-state index in [4.69, 9.17) is 4.74 Å². The molecule has 2 rings (SSSR count). The van der Waals surface area contributed by atoms with E-state index in [1.165, 1.54) is 16.7 Å². The van der Waals surface area contributed by atoms with Gasteiger partial charge in [-0.05, 0) is 6.42 Å². The molecule has 2 fully saturated rings. The van der Waals surface area contributed by atoms with Gasteiger partial charge in [0.15, 0.2) is 0 Å². The van der Waals surface area contributed by atoms with Gasteiger partial charge in [0, 0.05) is 18.8 Å². The Morgan fingerprint density at radius 2 is 2.11 bits per heavy atom. The molecular weight excluding hydrogens is 270 g/mol. The van der Waals surface area contributed by atoms with Crippen LogP contribution in [0, 0.1) is 0 Å². The average molecular weight is 289 g/mol. The molecule has 108 valence electrons. The van der Waals surface area contributed by atoms with Gasteiger partial charge >= 0.3 is 12.0 Å². The van der Waals surface area contributed by atoms with Crippen molar-refractivity contribution < 1.29 is 19.4 Å². The Balaban J connectivity index is 1.99. The number of carboxylic acids is 1. The highest BCUT2D eigenvalue weighted by atomic mass is 32.2. The van der Waals surface area contributed by atoms with Gasteiger partial charge in [0.2, 0.25) is 0 Å². The van der Waals surface area contributed by atoms with Gasteiger partial charge in [0.25, 0.3) is 0 Å². The van der Waals surface area contributed by atoms with Crippen molar-refractivity contribution in [2.24, 2.45) is 0 Å². The van der Waals surface area contributed by atoms with Gasteiger partial charge < -0.3 is 9.84 Å². The molecule has 0 radical (unpaired) electrons. The van der Waals surface area contributed by atoms with E-state index < -0.39 is 12.0 Å². The molecule has 7 nitrogen and oxygen atoms in total. The maximum absolute atomic E-state index is 12.3. The summed E-state index contributed by atoms with van der Waals surface area (Å²) >= 11 is 1.52. The van der Waals surface area contributed by atoms with E-state index in [9.17, 15) is 14.7 Å². The summed E-state index contributed by atoms with van der Waals surface area (Å²) in [5, 5.41) is 10.9. The summed E-state index contributed by atoms with van der Waals surface area (Å²) in [5.41, 5.74) is 2.77. The van der Waals surface area contributed by atoms with Gasteiger partial charge in [0.05, 0.1) is 18.6 Å². The number of hydrogen-bond acceptors (Lipinski definition) is 5. The van der Waals surface area contributed by atoms with Gasteiger partial charge in [0.1, 0.15) is 6.04 Å². The number of nitrogens with zero attached hydrogens (tertiary/aromatic N) is 2. The van der Waals surface area contributed by atoms with Crippen molar-refractivity contribution in [3.63, 3.8) is 0 Å². The molecule has 2 aliphatic rings. The van der Waals surface area contributed by atoms with E-state index in [1.54, 1.807) is 5.01 Å². The number of hydrogen-bond donors (Lipinski definition) is 2. The lowest BCUT2D eigenvalue weighted by Gasteiger charge is -2.32. The number of carbonyl (C=O) groups excluding carboxylic acids is 1. The topological polar surface area (TPSA) is 82.1 Å². The molecule has 2 atom stereocenters. The van der Waals surface area contributed by atoms with Crippen molar-refractivity contribution >= 4 is 23.8 Å². The monoisotopic (exact) mass is 289 g/mol. The fourth-order valence-corrected chi connectivity index (χ4v) is 3.56. The summed E-state index contributed by atoms with van der Waals surface area (Å²) < 4.78 is 5.20. The molecule has 2 unspecified atom stereocenters. The first-order valence-electron chi connectivity index (χ1n) is 6.39. The molecule has 2 aliphatic heterocycles. The number of hydrazine groups is 1. The molecule has 2 amide bonds. The number of urea groups is 1. The normalized spacial score (nSPS) is 28.4. The van der Waals surface area contributed by atoms with Gasteiger partial charge in [-0.15, -0.1) is 11.8 Å². The Labute approximate surface area is 116 Å². The lowest BCUT2D eigenvalue weighted by Crippen LogP contribution is -2.56. The minimum atomic E-state index is -0.944. The molecule has 0 spiro atoms. The third kappa shape index (κ3) is 3.31. The van der Waals surface area contributed by atoms with Crippen LogP contribution >= 0.6 is 11.8 Å². The zero-order valence-corrected chi connectivity index (χ0v) is 11.7. The third-order valence-corrected chi connectivity index (χ3v) is 4.68. The number of carboxylic acid groups (broad SMARTS) is 1. The van der Waals surface area contributed by atoms with E-state index in [0.717, 1.165) is 6.42 Å². The second-order valence-electron chi connectivity index (χ2n) is 4.47. The fraction of sp³-hybridized carbons (Fsp3) is 0.818. The van der Waals surface area contributed by atoms with Crippen molar-refractivity contribution in [1.82, 2.24) is 15.3 Å². The van der Waals surface area contributed by atoms with Crippen LogP contribution in [0.1, 0.15) is 13.3 Å². The number of nitrogens with one attached hydrogen (secondary N) is 1. The molecule has 0 bridgehead atoms. The van der Waals surface area contributed by atoms with Crippen LogP contribution in [0.3, 0.4) is 0 Å². The molecular formula is C11H19N3O4S. The summed E-state index contributed by atoms with van der Waals surface area (Å²) in [7, 11) is 0. The van der Waals surface area contributed by atoms with Crippen LogP contribution in [-0.2, 0) is 9.53 Å². The van der Waals surface area contributed by atoms with Crippen LogP contribution in [0.2, 0.25) is 0 Å². The molecule has 2 N–H and O–H groups in total. The number of thioether (sulfide) groups is 1. The molecule has 0 aromatic rings. The standard InChI is InChI=1S/C11H19N3O4S/c1-2-9-14(8(7-19-9)10(15)16)11(17)12-13-3-5-18-6-4-13/h8-9H,2-7H2,1H3,(H,12,17)(H,15,16). The maximum atomic E-state index is 12.3. The predicted molar refractivity (Wildman–Crippen MR) is 70.7 cm³/mol. The van der Waals surface area contributed by atoms with Crippen molar-refractivity contribution in [3.8, 4) is 0 Å². The summed E-state index contributed by atoms with van der Waals surface area (Å²) in [5.74, 6) is -0.495. The smallest absolute Gasteiger partial charge is 0.333 e. The Bertz CT molecular complexity index is 349. The van der Waals surface area contributed by atoms with E-state index >= 15 is 0 Å². The zero-order valence-electron chi connectivity index (χ0n) is 10.9. The lowest BCUT2D eigenvalue weighted by molar-refractivity contribution is -0.141. The highest BCUT2D eigenvalue weighted by Gasteiger charge is 2.41. The van der Waals surface area contributed by atoms with Gasteiger partial charge in [-0.2, -0.15) is 0 Å². The highest BCUT2D eigenvalue weighted by molar-refractivity contribution is 8.00. The summed E-state index contributed by atoms with van der Waals surface area (Å²) in [6.45, 7) is 4.36.